The minimum Gasteiger partial charge on any atom is -0.279 e. The first-order valence-electron chi connectivity index (χ1n) is 7.27. The Morgan fingerprint density at radius 2 is 1.96 bits per heavy atom. The zero-order chi connectivity index (χ0) is 18.0. The second-order valence-corrected chi connectivity index (χ2v) is 7.94. The van der Waals surface area contributed by atoms with Gasteiger partial charge in [-0.25, -0.2) is 13.1 Å². The van der Waals surface area contributed by atoms with E-state index in [2.05, 4.69) is 15.0 Å². The SMILES string of the molecule is Cc1ccc(S(=O)(=O)Nc2cc(Cl)ccc2Cn2ccnn2)cc1Cl. The van der Waals surface area contributed by atoms with Crippen molar-refractivity contribution in [1.29, 1.82) is 0 Å². The van der Waals surface area contributed by atoms with Crippen molar-refractivity contribution < 1.29 is 8.42 Å². The normalized spacial score (nSPS) is 11.5. The summed E-state index contributed by atoms with van der Waals surface area (Å²) in [7, 11) is -3.81. The van der Waals surface area contributed by atoms with Crippen LogP contribution in [-0.2, 0) is 16.6 Å². The molecule has 6 nitrogen and oxygen atoms in total. The van der Waals surface area contributed by atoms with Crippen molar-refractivity contribution in [3.05, 3.63) is 70.0 Å². The molecular weight excluding hydrogens is 383 g/mol. The summed E-state index contributed by atoms with van der Waals surface area (Å²) in [5.74, 6) is 0. The Kier molecular flexibility index (Phi) is 4.99. The van der Waals surface area contributed by atoms with Crippen molar-refractivity contribution in [2.45, 2.75) is 18.4 Å². The Balaban J connectivity index is 1.95. The third-order valence-corrected chi connectivity index (χ3v) is 5.58. The lowest BCUT2D eigenvalue weighted by Crippen LogP contribution is -2.15. The molecule has 2 aromatic carbocycles. The van der Waals surface area contributed by atoms with E-state index in [9.17, 15) is 8.42 Å². The van der Waals surface area contributed by atoms with Crippen LogP contribution in [0.1, 0.15) is 11.1 Å². The highest BCUT2D eigenvalue weighted by atomic mass is 35.5. The zero-order valence-corrected chi connectivity index (χ0v) is 15.5. The highest BCUT2D eigenvalue weighted by molar-refractivity contribution is 7.92. The van der Waals surface area contributed by atoms with Crippen LogP contribution >= 0.6 is 23.2 Å². The van der Waals surface area contributed by atoms with E-state index in [0.717, 1.165) is 5.56 Å². The monoisotopic (exact) mass is 396 g/mol. The number of hydrogen-bond acceptors (Lipinski definition) is 4. The molecule has 1 heterocycles. The molecule has 0 spiro atoms. The number of sulfonamides is 1. The Bertz CT molecular complexity index is 1000. The van der Waals surface area contributed by atoms with Crippen LogP contribution in [0.4, 0.5) is 5.69 Å². The van der Waals surface area contributed by atoms with Crippen LogP contribution in [0.2, 0.25) is 10.0 Å². The molecule has 1 aromatic heterocycles. The molecule has 0 saturated heterocycles. The van der Waals surface area contributed by atoms with Crippen molar-refractivity contribution in [3.63, 3.8) is 0 Å². The van der Waals surface area contributed by atoms with Crippen molar-refractivity contribution in [2.24, 2.45) is 0 Å². The highest BCUT2D eigenvalue weighted by Gasteiger charge is 2.17. The van der Waals surface area contributed by atoms with E-state index in [4.69, 9.17) is 23.2 Å². The molecule has 0 atom stereocenters. The van der Waals surface area contributed by atoms with Crippen LogP contribution in [0, 0.1) is 6.92 Å². The number of nitrogens with zero attached hydrogens (tertiary/aromatic N) is 3. The number of benzene rings is 2. The number of hydrogen-bond donors (Lipinski definition) is 1. The molecule has 0 saturated carbocycles. The minimum atomic E-state index is -3.81. The molecule has 3 rings (SSSR count). The molecule has 3 aromatic rings. The molecule has 1 N–H and O–H groups in total. The third kappa shape index (κ3) is 4.12. The molecule has 0 aliphatic heterocycles. The smallest absolute Gasteiger partial charge is 0.261 e. The third-order valence-electron chi connectivity index (χ3n) is 3.57. The summed E-state index contributed by atoms with van der Waals surface area (Å²) in [5, 5.41) is 8.43. The maximum Gasteiger partial charge on any atom is 0.261 e. The van der Waals surface area contributed by atoms with Gasteiger partial charge in [0.15, 0.2) is 0 Å². The van der Waals surface area contributed by atoms with E-state index in [-0.39, 0.29) is 4.90 Å². The van der Waals surface area contributed by atoms with Crippen molar-refractivity contribution in [2.75, 3.05) is 4.72 Å². The Hall–Kier alpha value is -2.09. The number of aromatic nitrogens is 3. The van der Waals surface area contributed by atoms with E-state index in [1.807, 2.05) is 0 Å². The summed E-state index contributed by atoms with van der Waals surface area (Å²) in [6, 6.07) is 9.57. The van der Waals surface area contributed by atoms with E-state index < -0.39 is 10.0 Å². The fraction of sp³-hybridized carbons (Fsp3) is 0.125. The summed E-state index contributed by atoms with van der Waals surface area (Å²) in [6.45, 7) is 2.16. The summed E-state index contributed by atoms with van der Waals surface area (Å²) >= 11 is 12.1. The lowest BCUT2D eigenvalue weighted by Gasteiger charge is -2.14. The minimum absolute atomic E-state index is 0.0785. The highest BCUT2D eigenvalue weighted by Crippen LogP contribution is 2.26. The summed E-state index contributed by atoms with van der Waals surface area (Å²) < 4.78 is 29.5. The lowest BCUT2D eigenvalue weighted by atomic mass is 10.2. The van der Waals surface area contributed by atoms with Gasteiger partial charge in [0.25, 0.3) is 10.0 Å². The maximum atomic E-state index is 12.7. The average Bonchev–Trinajstić information content (AvgIpc) is 3.05. The first-order chi connectivity index (χ1) is 11.8. The van der Waals surface area contributed by atoms with Gasteiger partial charge in [0, 0.05) is 16.2 Å². The molecule has 9 heteroatoms. The van der Waals surface area contributed by atoms with Gasteiger partial charge < -0.3 is 0 Å². The average molecular weight is 397 g/mol. The molecule has 0 aliphatic rings. The molecule has 0 bridgehead atoms. The van der Waals surface area contributed by atoms with Crippen LogP contribution in [0.5, 0.6) is 0 Å². The molecule has 0 fully saturated rings. The van der Waals surface area contributed by atoms with Gasteiger partial charge in [0.2, 0.25) is 0 Å². The predicted octanol–water partition coefficient (Wildman–Crippen LogP) is 3.74. The van der Waals surface area contributed by atoms with Gasteiger partial charge in [-0.1, -0.05) is 40.5 Å². The van der Waals surface area contributed by atoms with E-state index in [1.165, 1.54) is 12.1 Å². The molecular formula is C16H14Cl2N4O2S. The van der Waals surface area contributed by atoms with Gasteiger partial charge in [-0.3, -0.25) is 4.72 Å². The standard InChI is InChI=1S/C16H14Cl2N4O2S/c1-11-2-5-14(9-15(11)18)25(23,24)20-16-8-13(17)4-3-12(16)10-22-7-6-19-21-22/h2-9,20H,10H2,1H3. The summed E-state index contributed by atoms with van der Waals surface area (Å²) in [6.07, 6.45) is 3.24. The van der Waals surface area contributed by atoms with Crippen LogP contribution in [0.15, 0.2) is 53.7 Å². The van der Waals surface area contributed by atoms with Crippen LogP contribution in [-0.4, -0.2) is 23.4 Å². The van der Waals surface area contributed by atoms with Crippen LogP contribution in [0.3, 0.4) is 0 Å². The van der Waals surface area contributed by atoms with Crippen LogP contribution in [0.25, 0.3) is 0 Å². The lowest BCUT2D eigenvalue weighted by molar-refractivity contribution is 0.601. The first kappa shape index (κ1) is 17.7. The van der Waals surface area contributed by atoms with E-state index >= 15 is 0 Å². The molecule has 0 unspecified atom stereocenters. The second-order valence-electron chi connectivity index (χ2n) is 5.42. The Labute approximate surface area is 155 Å². The molecule has 0 radical (unpaired) electrons. The Morgan fingerprint density at radius 1 is 1.16 bits per heavy atom. The molecule has 0 amide bonds. The van der Waals surface area contributed by atoms with E-state index in [0.29, 0.717) is 27.8 Å². The fourth-order valence-corrected chi connectivity index (χ4v) is 3.75. The van der Waals surface area contributed by atoms with E-state index in [1.54, 1.807) is 48.3 Å². The van der Waals surface area contributed by atoms with Gasteiger partial charge in [-0.15, -0.1) is 5.10 Å². The number of nitrogens with one attached hydrogen (secondary N) is 1. The topological polar surface area (TPSA) is 76.9 Å². The van der Waals surface area contributed by atoms with Gasteiger partial charge in [0.05, 0.1) is 23.3 Å². The van der Waals surface area contributed by atoms with Crippen LogP contribution < -0.4 is 4.72 Å². The quantitative estimate of drug-likeness (QED) is 0.712. The number of anilines is 1. The van der Waals surface area contributed by atoms with Crippen molar-refractivity contribution >= 4 is 38.9 Å². The summed E-state index contributed by atoms with van der Waals surface area (Å²) in [5.41, 5.74) is 1.88. The molecule has 25 heavy (non-hydrogen) atoms. The van der Waals surface area contributed by atoms with Crippen molar-refractivity contribution in [3.8, 4) is 0 Å². The number of rotatable bonds is 5. The summed E-state index contributed by atoms with van der Waals surface area (Å²) in [4.78, 5) is 0.0785. The number of aryl methyl sites for hydroxylation is 1. The predicted molar refractivity (Wildman–Crippen MR) is 97.6 cm³/mol. The first-order valence-corrected chi connectivity index (χ1v) is 9.50. The maximum absolute atomic E-state index is 12.7. The van der Waals surface area contributed by atoms with Gasteiger partial charge in [0.1, 0.15) is 0 Å². The zero-order valence-electron chi connectivity index (χ0n) is 13.1. The molecule has 0 aliphatic carbocycles. The fourth-order valence-electron chi connectivity index (χ4n) is 2.22. The Morgan fingerprint density at radius 3 is 2.64 bits per heavy atom. The van der Waals surface area contributed by atoms with Gasteiger partial charge in [-0.2, -0.15) is 0 Å². The molecule has 130 valence electrons. The van der Waals surface area contributed by atoms with Gasteiger partial charge in [-0.05, 0) is 42.3 Å². The second kappa shape index (κ2) is 7.03. The largest absolute Gasteiger partial charge is 0.279 e. The number of halogens is 2. The van der Waals surface area contributed by atoms with Gasteiger partial charge >= 0.3 is 0 Å². The van der Waals surface area contributed by atoms with Crippen molar-refractivity contribution in [1.82, 2.24) is 15.0 Å².